The summed E-state index contributed by atoms with van der Waals surface area (Å²) in [7, 11) is 4.05. The quantitative estimate of drug-likeness (QED) is 0.902. The molecular formula is C16H20BrN3. The number of rotatable bonds is 5. The Kier molecular flexibility index (Phi) is 5.15. The first kappa shape index (κ1) is 15.0. The van der Waals surface area contributed by atoms with Crippen LogP contribution in [0.5, 0.6) is 0 Å². The van der Waals surface area contributed by atoms with E-state index < -0.39 is 0 Å². The van der Waals surface area contributed by atoms with Crippen molar-refractivity contribution in [1.29, 1.82) is 0 Å². The van der Waals surface area contributed by atoms with Crippen LogP contribution in [0.3, 0.4) is 0 Å². The van der Waals surface area contributed by atoms with Crippen molar-refractivity contribution in [3.63, 3.8) is 0 Å². The summed E-state index contributed by atoms with van der Waals surface area (Å²) in [6.45, 7) is 2.95. The number of aromatic nitrogens is 1. The van der Waals surface area contributed by atoms with Gasteiger partial charge in [0.2, 0.25) is 0 Å². The van der Waals surface area contributed by atoms with Crippen molar-refractivity contribution in [2.24, 2.45) is 0 Å². The van der Waals surface area contributed by atoms with Gasteiger partial charge in [-0.1, -0.05) is 28.1 Å². The van der Waals surface area contributed by atoms with Gasteiger partial charge in [-0.25, -0.2) is 0 Å². The van der Waals surface area contributed by atoms with Crippen LogP contribution >= 0.6 is 15.9 Å². The maximum absolute atomic E-state index is 4.36. The number of nitrogens with zero attached hydrogens (tertiary/aromatic N) is 2. The molecule has 1 heterocycles. The van der Waals surface area contributed by atoms with Crippen molar-refractivity contribution >= 4 is 21.6 Å². The lowest BCUT2D eigenvalue weighted by molar-refractivity contribution is 0.649. The Bertz CT molecular complexity index is 557. The molecule has 0 bridgehead atoms. The van der Waals surface area contributed by atoms with E-state index in [9.17, 15) is 0 Å². The summed E-state index contributed by atoms with van der Waals surface area (Å²) in [5, 5.41) is 3.26. The van der Waals surface area contributed by atoms with Gasteiger partial charge in [0, 0.05) is 29.4 Å². The lowest BCUT2D eigenvalue weighted by Gasteiger charge is -2.21. The molecule has 1 atom stereocenters. The molecule has 20 heavy (non-hydrogen) atoms. The number of halogens is 1. The van der Waals surface area contributed by atoms with Crippen molar-refractivity contribution in [2.45, 2.75) is 19.5 Å². The molecule has 1 N–H and O–H groups in total. The molecule has 0 saturated heterocycles. The fourth-order valence-electron chi connectivity index (χ4n) is 2.09. The van der Waals surface area contributed by atoms with Gasteiger partial charge in [-0.15, -0.1) is 0 Å². The van der Waals surface area contributed by atoms with Gasteiger partial charge in [-0.2, -0.15) is 0 Å². The van der Waals surface area contributed by atoms with Crippen molar-refractivity contribution in [1.82, 2.24) is 10.3 Å². The molecule has 3 nitrogen and oxygen atoms in total. The molecule has 0 aliphatic heterocycles. The number of hydrogen-bond acceptors (Lipinski definition) is 3. The standard InChI is InChI=1S/C16H20BrN3/c1-12(18-2)15-8-7-14(10-16(15)17)20(3)11-13-6-4-5-9-19-13/h4-10,12,18H,11H2,1-3H3. The van der Waals surface area contributed by atoms with Crippen LogP contribution in [0.2, 0.25) is 0 Å². The fraction of sp³-hybridized carbons (Fsp3) is 0.312. The van der Waals surface area contributed by atoms with E-state index in [2.05, 4.69) is 63.3 Å². The molecule has 2 rings (SSSR count). The molecule has 4 heteroatoms. The summed E-state index contributed by atoms with van der Waals surface area (Å²) in [4.78, 5) is 6.56. The second-order valence-electron chi connectivity index (χ2n) is 4.89. The van der Waals surface area contributed by atoms with Gasteiger partial charge >= 0.3 is 0 Å². The number of benzene rings is 1. The normalized spacial score (nSPS) is 12.2. The molecule has 106 valence electrons. The highest BCUT2D eigenvalue weighted by atomic mass is 79.9. The molecule has 0 fully saturated rings. The zero-order valence-electron chi connectivity index (χ0n) is 12.1. The summed E-state index contributed by atoms with van der Waals surface area (Å²) < 4.78 is 1.13. The Balaban J connectivity index is 2.15. The SMILES string of the molecule is CNC(C)c1ccc(N(C)Cc2ccccn2)cc1Br. The van der Waals surface area contributed by atoms with E-state index in [1.807, 2.05) is 31.4 Å². The summed E-state index contributed by atoms with van der Waals surface area (Å²) in [6, 6.07) is 12.8. The monoisotopic (exact) mass is 333 g/mol. The second-order valence-corrected chi connectivity index (χ2v) is 5.75. The molecule has 0 aliphatic rings. The van der Waals surface area contributed by atoms with E-state index in [4.69, 9.17) is 0 Å². The number of pyridine rings is 1. The Morgan fingerprint density at radius 1 is 1.30 bits per heavy atom. The van der Waals surface area contributed by atoms with Crippen LogP contribution in [-0.4, -0.2) is 19.1 Å². The highest BCUT2D eigenvalue weighted by Crippen LogP contribution is 2.28. The van der Waals surface area contributed by atoms with Crippen molar-refractivity contribution in [3.05, 3.63) is 58.3 Å². The summed E-state index contributed by atoms with van der Waals surface area (Å²) >= 11 is 3.66. The number of anilines is 1. The largest absolute Gasteiger partial charge is 0.369 e. The molecule has 1 aromatic carbocycles. The molecule has 0 spiro atoms. The average Bonchev–Trinajstić information content (AvgIpc) is 2.47. The van der Waals surface area contributed by atoms with Crippen molar-refractivity contribution in [2.75, 3.05) is 19.0 Å². The van der Waals surface area contributed by atoms with Crippen molar-refractivity contribution < 1.29 is 0 Å². The Morgan fingerprint density at radius 3 is 2.70 bits per heavy atom. The van der Waals surface area contributed by atoms with Gasteiger partial charge < -0.3 is 10.2 Å². The van der Waals surface area contributed by atoms with E-state index in [0.29, 0.717) is 6.04 Å². The van der Waals surface area contributed by atoms with Gasteiger partial charge in [0.05, 0.1) is 12.2 Å². The van der Waals surface area contributed by atoms with Crippen LogP contribution in [0.1, 0.15) is 24.2 Å². The molecule has 0 saturated carbocycles. The smallest absolute Gasteiger partial charge is 0.0598 e. The van der Waals surface area contributed by atoms with Gasteiger partial charge in [0.1, 0.15) is 0 Å². The molecule has 2 aromatic rings. The predicted molar refractivity (Wildman–Crippen MR) is 88.0 cm³/mol. The van der Waals surface area contributed by atoms with E-state index in [0.717, 1.165) is 16.7 Å². The van der Waals surface area contributed by atoms with Crippen LogP contribution in [0.15, 0.2) is 47.1 Å². The first-order chi connectivity index (χ1) is 9.61. The average molecular weight is 334 g/mol. The third-order valence-electron chi connectivity index (χ3n) is 3.45. The number of hydrogen-bond donors (Lipinski definition) is 1. The number of nitrogens with one attached hydrogen (secondary N) is 1. The predicted octanol–water partition coefficient (Wildman–Crippen LogP) is 3.76. The third kappa shape index (κ3) is 3.58. The van der Waals surface area contributed by atoms with Crippen molar-refractivity contribution in [3.8, 4) is 0 Å². The van der Waals surface area contributed by atoms with Crippen LogP contribution in [0.4, 0.5) is 5.69 Å². The fourth-order valence-corrected chi connectivity index (χ4v) is 2.80. The van der Waals surface area contributed by atoms with Crippen LogP contribution in [0.25, 0.3) is 0 Å². The molecule has 1 aromatic heterocycles. The third-order valence-corrected chi connectivity index (χ3v) is 4.14. The van der Waals surface area contributed by atoms with Crippen LogP contribution < -0.4 is 10.2 Å². The van der Waals surface area contributed by atoms with E-state index in [-0.39, 0.29) is 0 Å². The Hall–Kier alpha value is -1.39. The lowest BCUT2D eigenvalue weighted by Crippen LogP contribution is -2.18. The first-order valence-corrected chi connectivity index (χ1v) is 7.49. The molecule has 0 aliphatic carbocycles. The molecule has 0 amide bonds. The summed E-state index contributed by atoms with van der Waals surface area (Å²) in [5.74, 6) is 0. The van der Waals surface area contributed by atoms with Gasteiger partial charge in [-0.3, -0.25) is 4.98 Å². The minimum Gasteiger partial charge on any atom is -0.369 e. The zero-order valence-corrected chi connectivity index (χ0v) is 13.7. The minimum atomic E-state index is 0.333. The molecule has 1 unspecified atom stereocenters. The minimum absolute atomic E-state index is 0.333. The first-order valence-electron chi connectivity index (χ1n) is 6.69. The topological polar surface area (TPSA) is 28.2 Å². The highest BCUT2D eigenvalue weighted by Gasteiger charge is 2.10. The van der Waals surface area contributed by atoms with Crippen LogP contribution in [0, 0.1) is 0 Å². The van der Waals surface area contributed by atoms with Gasteiger partial charge in [0.25, 0.3) is 0 Å². The van der Waals surface area contributed by atoms with E-state index in [1.165, 1.54) is 11.3 Å². The summed E-state index contributed by atoms with van der Waals surface area (Å²) in [5.41, 5.74) is 3.51. The highest BCUT2D eigenvalue weighted by molar-refractivity contribution is 9.10. The second kappa shape index (κ2) is 6.86. The zero-order chi connectivity index (χ0) is 14.5. The molecular weight excluding hydrogens is 314 g/mol. The maximum Gasteiger partial charge on any atom is 0.0598 e. The lowest BCUT2D eigenvalue weighted by atomic mass is 10.1. The van der Waals surface area contributed by atoms with Crippen LogP contribution in [-0.2, 0) is 6.54 Å². The van der Waals surface area contributed by atoms with E-state index in [1.54, 1.807) is 0 Å². The summed E-state index contributed by atoms with van der Waals surface area (Å²) in [6.07, 6.45) is 1.83. The maximum atomic E-state index is 4.36. The van der Waals surface area contributed by atoms with Gasteiger partial charge in [0.15, 0.2) is 0 Å². The van der Waals surface area contributed by atoms with E-state index >= 15 is 0 Å². The Labute approximate surface area is 129 Å². The molecule has 0 radical (unpaired) electrons. The Morgan fingerprint density at radius 2 is 2.10 bits per heavy atom. The van der Waals surface area contributed by atoms with Gasteiger partial charge in [-0.05, 0) is 43.8 Å².